The van der Waals surface area contributed by atoms with Gasteiger partial charge < -0.3 is 15.1 Å². The maximum Gasteiger partial charge on any atom is 0.0654 e. The molecule has 3 nitrogen and oxygen atoms in total. The average molecular weight is 479 g/mol. The number of benzene rings is 2. The van der Waals surface area contributed by atoms with Crippen molar-refractivity contribution < 1.29 is 0 Å². The minimum absolute atomic E-state index is 0.223. The van der Waals surface area contributed by atoms with Crippen molar-refractivity contribution in [2.45, 2.75) is 31.3 Å². The van der Waals surface area contributed by atoms with Crippen LogP contribution in [0, 0.1) is 0 Å². The van der Waals surface area contributed by atoms with E-state index in [-0.39, 0.29) is 6.04 Å². The van der Waals surface area contributed by atoms with E-state index in [1.165, 1.54) is 5.56 Å². The van der Waals surface area contributed by atoms with E-state index in [0.29, 0.717) is 16.1 Å². The molecule has 0 radical (unpaired) electrons. The molecule has 1 aliphatic rings. The Hall–Kier alpha value is -1.65. The van der Waals surface area contributed by atoms with E-state index in [0.717, 1.165) is 49.6 Å². The largest absolute Gasteiger partial charge is 0.380 e. The summed E-state index contributed by atoms with van der Waals surface area (Å²) in [5.74, 6) is 0. The number of hydrogen-bond donors (Lipinski definition) is 1. The van der Waals surface area contributed by atoms with Crippen LogP contribution in [0.5, 0.6) is 0 Å². The molecule has 1 saturated heterocycles. The number of halogens is 3. The molecule has 0 saturated carbocycles. The molecule has 6 heteroatoms. The monoisotopic (exact) mass is 477 g/mol. The van der Waals surface area contributed by atoms with Gasteiger partial charge in [0.2, 0.25) is 0 Å². The Balaban J connectivity index is 1.67. The van der Waals surface area contributed by atoms with Gasteiger partial charge in [-0.15, -0.1) is 0 Å². The molecular weight excluding hydrogens is 449 g/mol. The molecule has 1 fully saturated rings. The van der Waals surface area contributed by atoms with Gasteiger partial charge in [0.25, 0.3) is 0 Å². The van der Waals surface area contributed by atoms with Gasteiger partial charge in [0.05, 0.1) is 16.8 Å². The summed E-state index contributed by atoms with van der Waals surface area (Å²) in [6, 6.07) is 14.6. The number of piperidine rings is 1. The summed E-state index contributed by atoms with van der Waals surface area (Å²) in [7, 11) is 2.09. The molecule has 0 aliphatic carbocycles. The fourth-order valence-electron chi connectivity index (χ4n) is 4.07. The maximum absolute atomic E-state index is 6.57. The molecule has 3 rings (SSSR count). The van der Waals surface area contributed by atoms with Crippen LogP contribution in [0.1, 0.15) is 30.9 Å². The molecule has 1 N–H and O–H groups in total. The van der Waals surface area contributed by atoms with Crippen LogP contribution in [0.15, 0.2) is 67.4 Å². The van der Waals surface area contributed by atoms with E-state index in [2.05, 4.69) is 47.1 Å². The van der Waals surface area contributed by atoms with Crippen LogP contribution in [0.3, 0.4) is 0 Å². The Kier molecular flexibility index (Phi) is 9.15. The second kappa shape index (κ2) is 11.8. The predicted octanol–water partition coefficient (Wildman–Crippen LogP) is 6.97. The molecule has 1 heterocycles. The van der Waals surface area contributed by atoms with Crippen molar-refractivity contribution in [3.05, 3.63) is 88.0 Å². The van der Waals surface area contributed by atoms with Gasteiger partial charge >= 0.3 is 0 Å². The summed E-state index contributed by atoms with van der Waals surface area (Å²) in [4.78, 5) is 4.58. The van der Waals surface area contributed by atoms with Crippen molar-refractivity contribution in [2.24, 2.45) is 0 Å². The van der Waals surface area contributed by atoms with Gasteiger partial charge in [0.1, 0.15) is 0 Å². The lowest BCUT2D eigenvalue weighted by atomic mass is 9.91. The van der Waals surface area contributed by atoms with Gasteiger partial charge in [0, 0.05) is 36.2 Å². The van der Waals surface area contributed by atoms with Crippen molar-refractivity contribution in [3.63, 3.8) is 0 Å². The molecule has 166 valence electrons. The highest BCUT2D eigenvalue weighted by atomic mass is 35.5. The third kappa shape index (κ3) is 6.92. The first kappa shape index (κ1) is 24.0. The smallest absolute Gasteiger partial charge is 0.0654 e. The Morgan fingerprint density at radius 2 is 1.87 bits per heavy atom. The summed E-state index contributed by atoms with van der Waals surface area (Å²) < 4.78 is 0. The van der Waals surface area contributed by atoms with E-state index in [4.69, 9.17) is 34.8 Å². The highest BCUT2D eigenvalue weighted by Gasteiger charge is 2.30. The third-order valence-electron chi connectivity index (χ3n) is 5.67. The van der Waals surface area contributed by atoms with Gasteiger partial charge in [0.15, 0.2) is 0 Å². The van der Waals surface area contributed by atoms with E-state index >= 15 is 0 Å². The summed E-state index contributed by atoms with van der Waals surface area (Å²) in [5, 5.41) is 5.85. The molecule has 0 amide bonds. The van der Waals surface area contributed by atoms with Crippen molar-refractivity contribution in [1.82, 2.24) is 10.2 Å². The molecule has 2 aromatic rings. The number of anilines is 1. The molecule has 0 bridgehead atoms. The second-order valence-corrected chi connectivity index (χ2v) is 9.22. The Morgan fingerprint density at radius 3 is 2.58 bits per heavy atom. The molecular formula is C25H30Cl3N3. The number of hydrogen-bond acceptors (Lipinski definition) is 3. The normalized spacial score (nSPS) is 19.0. The van der Waals surface area contributed by atoms with Gasteiger partial charge in [-0.1, -0.05) is 59.6 Å². The molecule has 2 aromatic carbocycles. The third-order valence-corrected chi connectivity index (χ3v) is 6.46. The highest BCUT2D eigenvalue weighted by Crippen LogP contribution is 2.39. The number of allylic oxidation sites excluding steroid dienone is 2. The number of nitrogens with one attached hydrogen (secondary N) is 1. The molecule has 1 aliphatic heterocycles. The zero-order chi connectivity index (χ0) is 22.2. The zero-order valence-corrected chi connectivity index (χ0v) is 20.2. The minimum Gasteiger partial charge on any atom is -0.380 e. The van der Waals surface area contributed by atoms with Crippen molar-refractivity contribution in [2.75, 3.05) is 31.6 Å². The fourth-order valence-corrected chi connectivity index (χ4v) is 4.71. The summed E-state index contributed by atoms with van der Waals surface area (Å²) in [6.45, 7) is 6.64. The Bertz CT molecular complexity index is 882. The lowest BCUT2D eigenvalue weighted by Gasteiger charge is -2.42. The van der Waals surface area contributed by atoms with E-state index < -0.39 is 0 Å². The van der Waals surface area contributed by atoms with Gasteiger partial charge in [-0.25, -0.2) is 0 Å². The lowest BCUT2D eigenvalue weighted by Crippen LogP contribution is -2.45. The van der Waals surface area contributed by atoms with Crippen LogP contribution >= 0.6 is 34.8 Å². The van der Waals surface area contributed by atoms with E-state index in [9.17, 15) is 0 Å². The van der Waals surface area contributed by atoms with Gasteiger partial charge in [-0.05, 0) is 74.0 Å². The Labute approximate surface area is 201 Å². The molecule has 2 unspecified atom stereocenters. The predicted molar refractivity (Wildman–Crippen MR) is 136 cm³/mol. The van der Waals surface area contributed by atoms with Gasteiger partial charge in [-0.3, -0.25) is 0 Å². The van der Waals surface area contributed by atoms with Crippen LogP contribution in [0.4, 0.5) is 5.69 Å². The highest BCUT2D eigenvalue weighted by molar-refractivity contribution is 6.36. The first-order valence-electron chi connectivity index (χ1n) is 10.7. The van der Waals surface area contributed by atoms with Crippen molar-refractivity contribution >= 4 is 40.5 Å². The number of rotatable bonds is 9. The first-order valence-corrected chi connectivity index (χ1v) is 11.8. The minimum atomic E-state index is 0.223. The van der Waals surface area contributed by atoms with E-state index in [1.54, 1.807) is 6.08 Å². The zero-order valence-electron chi connectivity index (χ0n) is 17.9. The maximum atomic E-state index is 6.57. The average Bonchev–Trinajstić information content (AvgIpc) is 2.76. The summed E-state index contributed by atoms with van der Waals surface area (Å²) in [6.07, 6.45) is 8.97. The molecule has 31 heavy (non-hydrogen) atoms. The quantitative estimate of drug-likeness (QED) is 0.310. The molecule has 0 spiro atoms. The Morgan fingerprint density at radius 1 is 1.13 bits per heavy atom. The van der Waals surface area contributed by atoms with Crippen LogP contribution in [0.25, 0.3) is 0 Å². The van der Waals surface area contributed by atoms with Crippen molar-refractivity contribution in [3.8, 4) is 0 Å². The fraction of sp³-hybridized carbons (Fsp3) is 0.360. The molecule has 0 aromatic heterocycles. The molecule has 2 atom stereocenters. The summed E-state index contributed by atoms with van der Waals surface area (Å²) >= 11 is 18.8. The van der Waals surface area contributed by atoms with Gasteiger partial charge in [-0.2, -0.15) is 0 Å². The van der Waals surface area contributed by atoms with Crippen LogP contribution in [-0.2, 0) is 0 Å². The standard InChI is InChI=1S/C25H30Cl3N3/c1-3-4-14-30(2)15-5-13-29-22-12-16-31(24-11-10-21(27)17-23(24)28)25(18-22)19-6-8-20(26)9-7-19/h3-4,6-11,14,17,22,25,29H,1,5,12-13,15-16,18H2,2H3/b14-4-. The SMILES string of the molecule is C=C/C=C\N(C)CCCNC1CCN(c2ccc(Cl)cc2Cl)C(c2ccc(Cl)cc2)C1. The lowest BCUT2D eigenvalue weighted by molar-refractivity contribution is 0.349. The van der Waals surface area contributed by atoms with Crippen LogP contribution in [0.2, 0.25) is 15.1 Å². The van der Waals surface area contributed by atoms with Crippen molar-refractivity contribution in [1.29, 1.82) is 0 Å². The number of nitrogens with zero attached hydrogens (tertiary/aromatic N) is 2. The first-order chi connectivity index (χ1) is 15.0. The summed E-state index contributed by atoms with van der Waals surface area (Å²) in [5.41, 5.74) is 2.27. The van der Waals surface area contributed by atoms with E-state index in [1.807, 2.05) is 36.4 Å². The van der Waals surface area contributed by atoms with Crippen LogP contribution in [-0.4, -0.2) is 37.6 Å². The second-order valence-electron chi connectivity index (χ2n) is 7.94. The van der Waals surface area contributed by atoms with Crippen LogP contribution < -0.4 is 10.2 Å². The topological polar surface area (TPSA) is 18.5 Å².